The smallest absolute Gasteiger partial charge is 0.302 e. The molecule has 1 aromatic heterocycles. The Morgan fingerprint density at radius 2 is 1.46 bits per heavy atom. The number of aromatic nitrogens is 1. The predicted molar refractivity (Wildman–Crippen MR) is 112 cm³/mol. The van der Waals surface area contributed by atoms with Crippen LogP contribution in [-0.4, -0.2) is 13.0 Å². The fourth-order valence-corrected chi connectivity index (χ4v) is 5.36. The summed E-state index contributed by atoms with van der Waals surface area (Å²) >= 11 is 1.04. The van der Waals surface area contributed by atoms with E-state index in [2.05, 4.69) is 4.72 Å². The third kappa shape index (κ3) is 3.52. The molecule has 28 heavy (non-hydrogen) atoms. The van der Waals surface area contributed by atoms with E-state index in [0.29, 0.717) is 4.70 Å². The van der Waals surface area contributed by atoms with Gasteiger partial charge in [-0.1, -0.05) is 72.0 Å². The third-order valence-electron chi connectivity index (χ3n) is 4.61. The Balaban J connectivity index is 1.76. The average Bonchev–Trinajstić information content (AvgIpc) is 3.01. The fourth-order valence-electron chi connectivity index (χ4n) is 3.12. The molecule has 0 radical (unpaired) electrons. The lowest BCUT2D eigenvalue weighted by Crippen LogP contribution is -2.29. The summed E-state index contributed by atoms with van der Waals surface area (Å²) in [6, 6.07) is 23.1. The summed E-state index contributed by atoms with van der Waals surface area (Å²) < 4.78 is 31.2. The zero-order chi connectivity index (χ0) is 19.7. The maximum atomic E-state index is 13.1. The minimum Gasteiger partial charge on any atom is -0.302 e. The molecule has 0 saturated heterocycles. The highest BCUT2D eigenvalue weighted by Crippen LogP contribution is 2.26. The zero-order valence-electron chi connectivity index (χ0n) is 15.1. The number of sulfonamides is 1. The SMILES string of the molecule is Cn1c(=O)sc2cc(S(=O)(=O)NC(c3ccccc3)c3ccccc3)ccc21. The van der Waals surface area contributed by atoms with Gasteiger partial charge in [-0.15, -0.1) is 0 Å². The van der Waals surface area contributed by atoms with E-state index in [9.17, 15) is 13.2 Å². The lowest BCUT2D eigenvalue weighted by molar-refractivity contribution is 0.572. The fraction of sp³-hybridized carbons (Fsp3) is 0.0952. The minimum absolute atomic E-state index is 0.121. The van der Waals surface area contributed by atoms with Gasteiger partial charge in [-0.25, -0.2) is 8.42 Å². The molecule has 4 aromatic rings. The van der Waals surface area contributed by atoms with E-state index in [1.54, 1.807) is 19.2 Å². The number of aryl methyl sites for hydroxylation is 1. The molecule has 1 N–H and O–H groups in total. The van der Waals surface area contributed by atoms with Crippen molar-refractivity contribution in [2.45, 2.75) is 10.9 Å². The molecule has 0 fully saturated rings. The summed E-state index contributed by atoms with van der Waals surface area (Å²) in [7, 11) is -2.13. The summed E-state index contributed by atoms with van der Waals surface area (Å²) in [5.74, 6) is 0. The van der Waals surface area contributed by atoms with Gasteiger partial charge in [0.1, 0.15) is 0 Å². The van der Waals surface area contributed by atoms with E-state index >= 15 is 0 Å². The van der Waals surface area contributed by atoms with Crippen molar-refractivity contribution in [3.63, 3.8) is 0 Å². The first-order chi connectivity index (χ1) is 13.5. The number of hydrogen-bond donors (Lipinski definition) is 1. The normalized spacial score (nSPS) is 11.9. The second-order valence-electron chi connectivity index (χ2n) is 6.43. The second kappa shape index (κ2) is 7.35. The second-order valence-corrected chi connectivity index (χ2v) is 9.14. The van der Waals surface area contributed by atoms with Crippen LogP contribution in [0.5, 0.6) is 0 Å². The largest absolute Gasteiger partial charge is 0.307 e. The Hall–Kier alpha value is -2.74. The maximum Gasteiger partial charge on any atom is 0.307 e. The molecule has 0 unspecified atom stereocenters. The van der Waals surface area contributed by atoms with Gasteiger partial charge in [0.2, 0.25) is 10.0 Å². The Morgan fingerprint density at radius 1 is 0.893 bits per heavy atom. The average molecular weight is 411 g/mol. The quantitative estimate of drug-likeness (QED) is 0.546. The van der Waals surface area contributed by atoms with E-state index in [4.69, 9.17) is 0 Å². The van der Waals surface area contributed by atoms with E-state index < -0.39 is 16.1 Å². The number of hydrogen-bond acceptors (Lipinski definition) is 4. The molecule has 0 amide bonds. The summed E-state index contributed by atoms with van der Waals surface area (Å²) in [6.45, 7) is 0. The molecule has 0 spiro atoms. The van der Waals surface area contributed by atoms with Crippen molar-refractivity contribution >= 4 is 31.6 Å². The van der Waals surface area contributed by atoms with Crippen molar-refractivity contribution in [1.82, 2.24) is 9.29 Å². The maximum absolute atomic E-state index is 13.1. The van der Waals surface area contributed by atoms with Crippen molar-refractivity contribution in [1.29, 1.82) is 0 Å². The highest BCUT2D eigenvalue weighted by molar-refractivity contribution is 7.89. The van der Waals surface area contributed by atoms with Crippen LogP contribution in [-0.2, 0) is 17.1 Å². The lowest BCUT2D eigenvalue weighted by Gasteiger charge is -2.20. The summed E-state index contributed by atoms with van der Waals surface area (Å²) in [5, 5.41) is 0. The summed E-state index contributed by atoms with van der Waals surface area (Å²) in [4.78, 5) is 11.9. The molecule has 0 aliphatic heterocycles. The number of thiazole rings is 1. The number of rotatable bonds is 5. The first kappa shape index (κ1) is 18.6. The molecule has 142 valence electrons. The zero-order valence-corrected chi connectivity index (χ0v) is 16.7. The van der Waals surface area contributed by atoms with Crippen LogP contribution in [0.25, 0.3) is 10.2 Å². The van der Waals surface area contributed by atoms with Gasteiger partial charge in [-0.2, -0.15) is 4.72 Å². The van der Waals surface area contributed by atoms with E-state index in [1.165, 1.54) is 10.6 Å². The molecule has 5 nitrogen and oxygen atoms in total. The van der Waals surface area contributed by atoms with E-state index in [0.717, 1.165) is 28.0 Å². The van der Waals surface area contributed by atoms with Gasteiger partial charge in [-0.05, 0) is 29.3 Å². The van der Waals surface area contributed by atoms with Gasteiger partial charge in [0, 0.05) is 7.05 Å². The highest BCUT2D eigenvalue weighted by Gasteiger charge is 2.23. The Bertz CT molecular complexity index is 1240. The minimum atomic E-state index is -3.81. The number of benzene rings is 3. The van der Waals surface area contributed by atoms with Crippen LogP contribution in [0.3, 0.4) is 0 Å². The van der Waals surface area contributed by atoms with Gasteiger partial charge in [0.05, 0.1) is 21.2 Å². The lowest BCUT2D eigenvalue weighted by atomic mass is 10.00. The Labute approximate surface area is 166 Å². The van der Waals surface area contributed by atoms with Crippen LogP contribution < -0.4 is 9.60 Å². The number of nitrogens with zero attached hydrogens (tertiary/aromatic N) is 1. The molecule has 0 aliphatic carbocycles. The Morgan fingerprint density at radius 3 is 2.04 bits per heavy atom. The van der Waals surface area contributed by atoms with Crippen LogP contribution in [0, 0.1) is 0 Å². The van der Waals surface area contributed by atoms with Crippen molar-refractivity contribution < 1.29 is 8.42 Å². The van der Waals surface area contributed by atoms with Gasteiger partial charge >= 0.3 is 4.87 Å². The summed E-state index contributed by atoms with van der Waals surface area (Å²) in [6.07, 6.45) is 0. The molecule has 0 saturated carbocycles. The standard InChI is InChI=1S/C21H18N2O3S2/c1-23-18-13-12-17(14-19(18)27-21(23)24)28(25,26)22-20(15-8-4-2-5-9-15)16-10-6-3-7-11-16/h2-14,20,22H,1H3. The topological polar surface area (TPSA) is 68.2 Å². The molecular weight excluding hydrogens is 392 g/mol. The van der Waals surface area contributed by atoms with Crippen molar-refractivity contribution in [3.05, 3.63) is 99.7 Å². The van der Waals surface area contributed by atoms with Gasteiger partial charge in [0.15, 0.2) is 0 Å². The molecule has 0 atom stereocenters. The van der Waals surface area contributed by atoms with Gasteiger partial charge in [-0.3, -0.25) is 4.79 Å². The van der Waals surface area contributed by atoms with Crippen LogP contribution in [0.15, 0.2) is 88.6 Å². The first-order valence-electron chi connectivity index (χ1n) is 8.67. The first-order valence-corrected chi connectivity index (χ1v) is 11.0. The molecular formula is C21H18N2O3S2. The van der Waals surface area contributed by atoms with Crippen molar-refractivity contribution in [3.8, 4) is 0 Å². The van der Waals surface area contributed by atoms with Crippen molar-refractivity contribution in [2.75, 3.05) is 0 Å². The molecule has 7 heteroatoms. The van der Waals surface area contributed by atoms with Crippen LogP contribution in [0.4, 0.5) is 0 Å². The Kier molecular flexibility index (Phi) is 4.89. The van der Waals surface area contributed by atoms with Gasteiger partial charge < -0.3 is 4.57 Å². The van der Waals surface area contributed by atoms with Crippen molar-refractivity contribution in [2.24, 2.45) is 7.05 Å². The molecule has 0 bridgehead atoms. The number of fused-ring (bicyclic) bond motifs is 1. The van der Waals surface area contributed by atoms with Crippen LogP contribution in [0.2, 0.25) is 0 Å². The highest BCUT2D eigenvalue weighted by atomic mass is 32.2. The van der Waals surface area contributed by atoms with Gasteiger partial charge in [0.25, 0.3) is 0 Å². The predicted octanol–water partition coefficient (Wildman–Crippen LogP) is 3.67. The van der Waals surface area contributed by atoms with E-state index in [-0.39, 0.29) is 9.77 Å². The van der Waals surface area contributed by atoms with Crippen LogP contribution >= 0.6 is 11.3 Å². The number of nitrogens with one attached hydrogen (secondary N) is 1. The third-order valence-corrected chi connectivity index (χ3v) is 7.03. The van der Waals surface area contributed by atoms with Crippen LogP contribution in [0.1, 0.15) is 17.2 Å². The molecule has 0 aliphatic rings. The molecule has 1 heterocycles. The molecule has 4 rings (SSSR count). The summed E-state index contributed by atoms with van der Waals surface area (Å²) in [5.41, 5.74) is 2.42. The van der Waals surface area contributed by atoms with E-state index in [1.807, 2.05) is 60.7 Å². The monoisotopic (exact) mass is 410 g/mol. The molecule has 3 aromatic carbocycles.